The molecular weight excluding hydrogens is 273 g/mol. The smallest absolute Gasteiger partial charge is 0.229 e. The second kappa shape index (κ2) is 5.44. The van der Waals surface area contributed by atoms with Crippen molar-refractivity contribution in [3.05, 3.63) is 24.0 Å². The highest BCUT2D eigenvalue weighted by Crippen LogP contribution is 2.34. The van der Waals surface area contributed by atoms with E-state index >= 15 is 0 Å². The summed E-state index contributed by atoms with van der Waals surface area (Å²) < 4.78 is 13.6. The van der Waals surface area contributed by atoms with E-state index in [9.17, 15) is 14.0 Å². The van der Waals surface area contributed by atoms with Gasteiger partial charge in [-0.2, -0.15) is 0 Å². The number of hydrogen-bond donors (Lipinski definition) is 3. The van der Waals surface area contributed by atoms with Gasteiger partial charge in [0.05, 0.1) is 11.6 Å². The van der Waals surface area contributed by atoms with Crippen LogP contribution < -0.4 is 16.0 Å². The summed E-state index contributed by atoms with van der Waals surface area (Å²) >= 11 is 0. The highest BCUT2D eigenvalue weighted by Gasteiger charge is 2.42. The highest BCUT2D eigenvalue weighted by atomic mass is 19.1. The van der Waals surface area contributed by atoms with Crippen LogP contribution in [0.2, 0.25) is 0 Å². The summed E-state index contributed by atoms with van der Waals surface area (Å²) in [6.07, 6.45) is 3.03. The Kier molecular flexibility index (Phi) is 3.63. The SMILES string of the molecule is CC(=O)Nc1cc(NC(=O)C2CC3CCC2N3)ccc1F. The number of anilines is 2. The van der Waals surface area contributed by atoms with Crippen LogP contribution in [0.15, 0.2) is 18.2 Å². The molecule has 2 aliphatic rings. The van der Waals surface area contributed by atoms with E-state index in [0.717, 1.165) is 19.3 Å². The molecule has 3 unspecified atom stereocenters. The van der Waals surface area contributed by atoms with E-state index in [2.05, 4.69) is 16.0 Å². The molecule has 1 aromatic rings. The quantitative estimate of drug-likeness (QED) is 0.796. The second-order valence-corrected chi connectivity index (χ2v) is 5.75. The summed E-state index contributed by atoms with van der Waals surface area (Å²) in [6.45, 7) is 1.31. The zero-order valence-electron chi connectivity index (χ0n) is 11.8. The van der Waals surface area contributed by atoms with Crippen LogP contribution in [-0.4, -0.2) is 23.9 Å². The van der Waals surface area contributed by atoms with Gasteiger partial charge in [0.2, 0.25) is 11.8 Å². The van der Waals surface area contributed by atoms with Crippen LogP contribution in [0.25, 0.3) is 0 Å². The van der Waals surface area contributed by atoms with Crippen LogP contribution in [-0.2, 0) is 9.59 Å². The van der Waals surface area contributed by atoms with Crippen LogP contribution in [0.4, 0.5) is 15.8 Å². The van der Waals surface area contributed by atoms with Gasteiger partial charge in [-0.3, -0.25) is 9.59 Å². The van der Waals surface area contributed by atoms with E-state index in [1.54, 1.807) is 0 Å². The Morgan fingerprint density at radius 2 is 2.10 bits per heavy atom. The molecule has 5 nitrogen and oxygen atoms in total. The molecule has 2 bridgehead atoms. The van der Waals surface area contributed by atoms with Crippen molar-refractivity contribution in [2.24, 2.45) is 5.92 Å². The molecule has 1 aromatic carbocycles. The van der Waals surface area contributed by atoms with Crippen molar-refractivity contribution in [1.82, 2.24) is 5.32 Å². The van der Waals surface area contributed by atoms with Gasteiger partial charge in [-0.25, -0.2) is 4.39 Å². The fourth-order valence-electron chi connectivity index (χ4n) is 3.24. The number of halogens is 1. The molecule has 2 aliphatic heterocycles. The topological polar surface area (TPSA) is 70.2 Å². The predicted molar refractivity (Wildman–Crippen MR) is 77.4 cm³/mol. The van der Waals surface area contributed by atoms with E-state index in [0.29, 0.717) is 11.7 Å². The van der Waals surface area contributed by atoms with Gasteiger partial charge in [-0.05, 0) is 37.5 Å². The maximum atomic E-state index is 13.6. The maximum absolute atomic E-state index is 13.6. The van der Waals surface area contributed by atoms with Crippen molar-refractivity contribution in [3.8, 4) is 0 Å². The standard InChI is InChI=1S/C15H18FN3O2/c1-8(20)17-14-7-10(2-4-12(14)16)19-15(21)11-6-9-3-5-13(11)18-9/h2,4,7,9,11,13,18H,3,5-6H2,1H3,(H,17,20)(H,19,21). The molecule has 3 N–H and O–H groups in total. The Balaban J connectivity index is 1.70. The van der Waals surface area contributed by atoms with Gasteiger partial charge in [-0.15, -0.1) is 0 Å². The Labute approximate surface area is 122 Å². The van der Waals surface area contributed by atoms with E-state index in [1.165, 1.54) is 25.1 Å². The Morgan fingerprint density at radius 1 is 1.29 bits per heavy atom. The molecule has 2 saturated heterocycles. The van der Waals surface area contributed by atoms with Gasteiger partial charge in [0.1, 0.15) is 5.82 Å². The lowest BCUT2D eigenvalue weighted by atomic mass is 9.88. The van der Waals surface area contributed by atoms with Crippen LogP contribution >= 0.6 is 0 Å². The summed E-state index contributed by atoms with van der Waals surface area (Å²) in [6, 6.07) is 4.88. The first-order valence-corrected chi connectivity index (χ1v) is 7.17. The summed E-state index contributed by atoms with van der Waals surface area (Å²) in [4.78, 5) is 23.3. The van der Waals surface area contributed by atoms with Crippen molar-refractivity contribution in [1.29, 1.82) is 0 Å². The molecule has 0 spiro atoms. The van der Waals surface area contributed by atoms with Crippen LogP contribution in [0.5, 0.6) is 0 Å². The summed E-state index contributed by atoms with van der Waals surface area (Å²) in [7, 11) is 0. The summed E-state index contributed by atoms with van der Waals surface area (Å²) in [5.74, 6) is -0.951. The third-order valence-corrected chi connectivity index (χ3v) is 4.18. The fourth-order valence-corrected chi connectivity index (χ4v) is 3.24. The Morgan fingerprint density at radius 3 is 2.71 bits per heavy atom. The number of nitrogens with one attached hydrogen (secondary N) is 3. The van der Waals surface area contributed by atoms with Gasteiger partial charge in [0, 0.05) is 24.7 Å². The highest BCUT2D eigenvalue weighted by molar-refractivity contribution is 5.95. The molecule has 3 atom stereocenters. The van der Waals surface area contributed by atoms with E-state index < -0.39 is 5.82 Å². The number of benzene rings is 1. The van der Waals surface area contributed by atoms with Gasteiger partial charge in [-0.1, -0.05) is 0 Å². The second-order valence-electron chi connectivity index (χ2n) is 5.75. The number of rotatable bonds is 3. The first-order chi connectivity index (χ1) is 10.0. The van der Waals surface area contributed by atoms with Crippen LogP contribution in [0.1, 0.15) is 26.2 Å². The normalized spacial score (nSPS) is 26.7. The van der Waals surface area contributed by atoms with Crippen molar-refractivity contribution in [3.63, 3.8) is 0 Å². The van der Waals surface area contributed by atoms with Gasteiger partial charge in [0.15, 0.2) is 0 Å². The zero-order chi connectivity index (χ0) is 15.0. The molecule has 0 aliphatic carbocycles. The molecule has 3 rings (SSSR count). The van der Waals surface area contributed by atoms with Crippen LogP contribution in [0, 0.1) is 11.7 Å². The first-order valence-electron chi connectivity index (χ1n) is 7.17. The lowest BCUT2D eigenvalue weighted by Gasteiger charge is -2.19. The number of hydrogen-bond acceptors (Lipinski definition) is 3. The molecule has 112 valence electrons. The minimum atomic E-state index is -0.523. The van der Waals surface area contributed by atoms with Crippen molar-refractivity contribution in [2.75, 3.05) is 10.6 Å². The predicted octanol–water partition coefficient (Wildman–Crippen LogP) is 1.86. The number of fused-ring (bicyclic) bond motifs is 2. The molecule has 2 amide bonds. The Hall–Kier alpha value is -1.95. The molecule has 2 fully saturated rings. The lowest BCUT2D eigenvalue weighted by molar-refractivity contribution is -0.120. The maximum Gasteiger partial charge on any atom is 0.229 e. The van der Waals surface area contributed by atoms with E-state index in [1.807, 2.05) is 0 Å². The van der Waals surface area contributed by atoms with E-state index in [4.69, 9.17) is 0 Å². The molecule has 0 radical (unpaired) electrons. The number of carbonyl (C=O) groups excluding carboxylic acids is 2. The van der Waals surface area contributed by atoms with Gasteiger partial charge in [0.25, 0.3) is 0 Å². The average molecular weight is 291 g/mol. The van der Waals surface area contributed by atoms with Gasteiger partial charge >= 0.3 is 0 Å². The molecule has 0 saturated carbocycles. The summed E-state index contributed by atoms with van der Waals surface area (Å²) in [5.41, 5.74) is 0.569. The third kappa shape index (κ3) is 2.90. The minimum absolute atomic E-state index is 0.0296. The number of carbonyl (C=O) groups is 2. The molecule has 6 heteroatoms. The average Bonchev–Trinajstić information content (AvgIpc) is 3.04. The summed E-state index contributed by atoms with van der Waals surface area (Å²) in [5, 5.41) is 8.63. The zero-order valence-corrected chi connectivity index (χ0v) is 11.8. The largest absolute Gasteiger partial charge is 0.326 e. The van der Waals surface area contributed by atoms with Gasteiger partial charge < -0.3 is 16.0 Å². The monoisotopic (exact) mass is 291 g/mol. The van der Waals surface area contributed by atoms with Crippen LogP contribution in [0.3, 0.4) is 0 Å². The number of amides is 2. The minimum Gasteiger partial charge on any atom is -0.326 e. The molecule has 21 heavy (non-hydrogen) atoms. The van der Waals surface area contributed by atoms with Crippen molar-refractivity contribution >= 4 is 23.2 Å². The molecule has 0 aromatic heterocycles. The molecule has 2 heterocycles. The third-order valence-electron chi connectivity index (χ3n) is 4.18. The fraction of sp³-hybridized carbons (Fsp3) is 0.467. The molecular formula is C15H18FN3O2. The Bertz CT molecular complexity index is 590. The first kappa shape index (κ1) is 14.0. The van der Waals surface area contributed by atoms with E-state index in [-0.39, 0.29) is 29.5 Å². The van der Waals surface area contributed by atoms with Crippen molar-refractivity contribution < 1.29 is 14.0 Å². The lowest BCUT2D eigenvalue weighted by Crippen LogP contribution is -2.32. The van der Waals surface area contributed by atoms with Crippen molar-refractivity contribution in [2.45, 2.75) is 38.3 Å².